The zero-order chi connectivity index (χ0) is 40.7. The zero-order valence-corrected chi connectivity index (χ0v) is 34.4. The van der Waals surface area contributed by atoms with Crippen LogP contribution in [0.2, 0.25) is 0 Å². The first kappa shape index (κ1) is 42.2. The number of aliphatic hydroxyl groups is 2. The van der Waals surface area contributed by atoms with Gasteiger partial charge in [0.1, 0.15) is 23.7 Å². The van der Waals surface area contributed by atoms with Gasteiger partial charge in [0.2, 0.25) is 10.0 Å². The van der Waals surface area contributed by atoms with E-state index in [-0.39, 0.29) is 47.3 Å². The third-order valence-corrected chi connectivity index (χ3v) is 14.0. The fourth-order valence-corrected chi connectivity index (χ4v) is 9.35. The van der Waals surface area contributed by atoms with Crippen LogP contribution in [0.25, 0.3) is 0 Å². The molecule has 56 heavy (non-hydrogen) atoms. The number of hydrogen-bond acceptors (Lipinski definition) is 11. The van der Waals surface area contributed by atoms with Gasteiger partial charge in [-0.15, -0.1) is 0 Å². The largest absolute Gasteiger partial charge is 0.462 e. The Bertz CT molecular complexity index is 1920. The van der Waals surface area contributed by atoms with Crippen molar-refractivity contribution in [3.63, 3.8) is 0 Å². The van der Waals surface area contributed by atoms with E-state index in [0.717, 1.165) is 16.3 Å². The summed E-state index contributed by atoms with van der Waals surface area (Å²) >= 11 is 0. The molecule has 1 aromatic carbocycles. The van der Waals surface area contributed by atoms with E-state index in [1.807, 2.05) is 32.1 Å². The number of benzene rings is 1. The molecule has 12 atom stereocenters. The van der Waals surface area contributed by atoms with Crippen molar-refractivity contribution in [3.05, 3.63) is 89.1 Å². The van der Waals surface area contributed by atoms with E-state index in [4.69, 9.17) is 23.7 Å². The maximum atomic E-state index is 14.5. The minimum Gasteiger partial charge on any atom is -0.462 e. The van der Waals surface area contributed by atoms with Crippen LogP contribution < -0.4 is 0 Å². The summed E-state index contributed by atoms with van der Waals surface area (Å²) in [6.45, 7) is 11.8. The quantitative estimate of drug-likeness (QED) is 0.280. The second kappa shape index (κ2) is 16.4. The average molecular weight is 796 g/mol. The van der Waals surface area contributed by atoms with Gasteiger partial charge >= 0.3 is 11.9 Å². The summed E-state index contributed by atoms with van der Waals surface area (Å²) in [6, 6.07) is 5.39. The van der Waals surface area contributed by atoms with Crippen LogP contribution in [0.3, 0.4) is 0 Å². The fraction of sp³-hybridized carbons (Fsp3) is 0.581. The first-order valence-electron chi connectivity index (χ1n) is 19.6. The number of esters is 2. The van der Waals surface area contributed by atoms with Crippen LogP contribution in [0.15, 0.2) is 88.4 Å². The van der Waals surface area contributed by atoms with Gasteiger partial charge in [0.05, 0.1) is 35.4 Å². The molecule has 0 radical (unpaired) electrons. The Hall–Kier alpha value is -3.43. The van der Waals surface area contributed by atoms with Crippen molar-refractivity contribution in [1.82, 2.24) is 4.31 Å². The van der Waals surface area contributed by atoms with Gasteiger partial charge in [-0.25, -0.2) is 17.5 Å². The highest BCUT2D eigenvalue weighted by atomic mass is 32.2. The van der Waals surface area contributed by atoms with Gasteiger partial charge in [-0.05, 0) is 73.2 Å². The summed E-state index contributed by atoms with van der Waals surface area (Å²) in [7, 11) is -0.879. The molecule has 0 saturated carbocycles. The first-order chi connectivity index (χ1) is 26.4. The van der Waals surface area contributed by atoms with E-state index in [9.17, 15) is 28.2 Å². The van der Waals surface area contributed by atoms with Crippen LogP contribution in [0.5, 0.6) is 0 Å². The number of carbonyl (C=O) groups excluding carboxylic acids is 2. The number of ether oxygens (including phenoxy) is 5. The molecule has 4 heterocycles. The summed E-state index contributed by atoms with van der Waals surface area (Å²) < 4.78 is 58.3. The normalized spacial score (nSPS) is 39.4. The van der Waals surface area contributed by atoms with E-state index in [1.54, 1.807) is 25.2 Å². The lowest BCUT2D eigenvalue weighted by molar-refractivity contribution is -0.300. The number of carbonyl (C=O) groups is 2. The Labute approximate surface area is 330 Å². The predicted molar refractivity (Wildman–Crippen MR) is 209 cm³/mol. The Morgan fingerprint density at radius 3 is 2.45 bits per heavy atom. The molecule has 2 saturated heterocycles. The molecular weight excluding hydrogens is 739 g/mol. The number of nitrogens with zero attached hydrogens (tertiary/aromatic N) is 1. The molecule has 2 fully saturated rings. The van der Waals surface area contributed by atoms with Gasteiger partial charge in [-0.2, -0.15) is 0 Å². The average Bonchev–Trinajstić information content (AvgIpc) is 3.50. The minimum absolute atomic E-state index is 0.0159. The van der Waals surface area contributed by atoms with Gasteiger partial charge in [-0.3, -0.25) is 4.79 Å². The van der Waals surface area contributed by atoms with Crippen LogP contribution in [0, 0.1) is 23.7 Å². The monoisotopic (exact) mass is 795 g/mol. The molecule has 6 rings (SSSR count). The molecule has 13 heteroatoms. The number of sulfonamides is 1. The highest BCUT2D eigenvalue weighted by Crippen LogP contribution is 2.48. The summed E-state index contributed by atoms with van der Waals surface area (Å²) in [5.41, 5.74) is -0.224. The molecule has 12 nitrogen and oxygen atoms in total. The predicted octanol–water partition coefficient (Wildman–Crippen LogP) is 5.42. The zero-order valence-electron chi connectivity index (χ0n) is 33.6. The van der Waals surface area contributed by atoms with Gasteiger partial charge in [-0.1, -0.05) is 70.6 Å². The van der Waals surface area contributed by atoms with Crippen molar-refractivity contribution >= 4 is 22.0 Å². The number of allylic oxidation sites excluding steroid dienone is 2. The Morgan fingerprint density at radius 2 is 1.77 bits per heavy atom. The van der Waals surface area contributed by atoms with Crippen LogP contribution in [0.1, 0.15) is 77.6 Å². The molecule has 0 amide bonds. The molecule has 4 aliphatic heterocycles. The molecule has 1 aromatic rings. The molecule has 5 aliphatic rings. The molecule has 0 unspecified atom stereocenters. The highest BCUT2D eigenvalue weighted by Gasteiger charge is 2.61. The summed E-state index contributed by atoms with van der Waals surface area (Å²) in [4.78, 5) is 28.0. The molecule has 306 valence electrons. The standard InChI is InChI=1S/C43H57NO11S/c1-9-25(2)37-28(5)19-20-42(55-37)23-33-22-32(54-42)16-13-27(4)36(45)26(3)11-10-12-31-24-51-39-38(29(6)21-35(41(47)52-33)43(31,39)48)53-40(46)30-14-17-34(18-15-30)56(49,50)44(7)8/h10-15,17-21,25-26,28,32-33,35-39,45,48H,9,16,22-24H2,1-8H3/b11-10+,27-13+,31-12+/t25-,26-,28-,32+,33-,35-,36-,37+,38+,39+,42+,43+/m0/s1. The molecule has 1 spiro atoms. The van der Waals surface area contributed by atoms with Gasteiger partial charge in [0, 0.05) is 38.8 Å². The van der Waals surface area contributed by atoms with Crippen molar-refractivity contribution in [1.29, 1.82) is 0 Å². The summed E-state index contributed by atoms with van der Waals surface area (Å²) in [5, 5.41) is 24.0. The summed E-state index contributed by atoms with van der Waals surface area (Å²) in [5.74, 6) is -3.65. The topological polar surface area (TPSA) is 158 Å². The Kier molecular flexibility index (Phi) is 12.4. The molecular formula is C43H57NO11S. The van der Waals surface area contributed by atoms with Crippen LogP contribution in [0.4, 0.5) is 0 Å². The fourth-order valence-electron chi connectivity index (χ4n) is 8.45. The number of hydrogen-bond donors (Lipinski definition) is 2. The smallest absolute Gasteiger partial charge is 0.338 e. The first-order valence-corrected chi connectivity index (χ1v) is 21.1. The van der Waals surface area contributed by atoms with Crippen LogP contribution >= 0.6 is 0 Å². The van der Waals surface area contributed by atoms with Gasteiger partial charge < -0.3 is 33.9 Å². The van der Waals surface area contributed by atoms with E-state index >= 15 is 0 Å². The van der Waals surface area contributed by atoms with Crippen molar-refractivity contribution in [2.45, 2.75) is 120 Å². The number of rotatable bonds is 6. The van der Waals surface area contributed by atoms with Gasteiger partial charge in [0.15, 0.2) is 11.9 Å². The molecule has 2 bridgehead atoms. The van der Waals surface area contributed by atoms with Crippen molar-refractivity contribution in [2.24, 2.45) is 23.7 Å². The summed E-state index contributed by atoms with van der Waals surface area (Å²) in [6.07, 6.45) is 10.7. The Morgan fingerprint density at radius 1 is 1.05 bits per heavy atom. The van der Waals surface area contributed by atoms with E-state index in [1.165, 1.54) is 38.4 Å². The maximum Gasteiger partial charge on any atom is 0.338 e. The third-order valence-electron chi connectivity index (χ3n) is 12.1. The highest BCUT2D eigenvalue weighted by molar-refractivity contribution is 7.89. The van der Waals surface area contributed by atoms with E-state index in [2.05, 4.69) is 26.8 Å². The lowest BCUT2D eigenvalue weighted by Gasteiger charge is -2.48. The van der Waals surface area contributed by atoms with E-state index in [0.29, 0.717) is 24.0 Å². The molecule has 2 N–H and O–H groups in total. The second-order valence-electron chi connectivity index (χ2n) is 16.4. The number of aliphatic hydroxyl groups excluding tert-OH is 1. The SMILES string of the molecule is CC[C@H](C)[C@H]1O[C@]2(C=C[C@@H]1C)C[C@@H]1C[C@@H](C/C=C(\C)[C@@H](O)[C@@H](C)/C=C/C=C3\CO[C@@H]4[C@H](OC(=O)c5ccc(S(=O)(=O)N(C)C)cc5)C(C)=C[C@@H](C(=O)O1)[C@]34O)O2. The van der Waals surface area contributed by atoms with Gasteiger partial charge in [0.25, 0.3) is 0 Å². The number of fused-ring (bicyclic) bond motifs is 2. The third kappa shape index (κ3) is 8.14. The van der Waals surface area contributed by atoms with Crippen molar-refractivity contribution < 1.29 is 51.9 Å². The maximum absolute atomic E-state index is 14.5. The van der Waals surface area contributed by atoms with Crippen molar-refractivity contribution in [3.8, 4) is 0 Å². The molecule has 1 aliphatic carbocycles. The van der Waals surface area contributed by atoms with Crippen molar-refractivity contribution in [2.75, 3.05) is 20.7 Å². The van der Waals surface area contributed by atoms with E-state index < -0.39 is 69.8 Å². The van der Waals surface area contributed by atoms with Crippen LogP contribution in [-0.4, -0.2) is 104 Å². The Balaban J connectivity index is 1.35. The molecule has 0 aromatic heterocycles. The lowest BCUT2D eigenvalue weighted by atomic mass is 9.70. The second-order valence-corrected chi connectivity index (χ2v) is 18.5. The minimum atomic E-state index is -3.72. The van der Waals surface area contributed by atoms with Crippen LogP contribution in [-0.2, 0) is 38.5 Å². The lowest BCUT2D eigenvalue weighted by Crippen LogP contribution is -2.59.